The summed E-state index contributed by atoms with van der Waals surface area (Å²) >= 11 is 3.81. The summed E-state index contributed by atoms with van der Waals surface area (Å²) in [5.41, 5.74) is 6.95. The van der Waals surface area contributed by atoms with Crippen LogP contribution in [0.3, 0.4) is 0 Å². The molecule has 1 aromatic heterocycles. The van der Waals surface area contributed by atoms with Gasteiger partial charge in [-0.25, -0.2) is 0 Å². The molecule has 8 aromatic rings. The molecule has 0 N–H and O–H groups in total. The molecule has 0 aliphatic rings. The molecule has 194 valence electrons. The molecule has 0 fully saturated rings. The van der Waals surface area contributed by atoms with E-state index in [4.69, 9.17) is 0 Å². The first-order valence-corrected chi connectivity index (χ1v) is 14.6. The Labute approximate surface area is 246 Å². The molecular weight excluding hydrogens is 564 g/mol. The van der Waals surface area contributed by atoms with Crippen molar-refractivity contribution >= 4 is 76.3 Å². The van der Waals surface area contributed by atoms with Crippen molar-refractivity contribution in [1.29, 1.82) is 0 Å². The van der Waals surface area contributed by atoms with Crippen molar-refractivity contribution in [3.05, 3.63) is 156 Å². The quantitative estimate of drug-likeness (QED) is 0.198. The summed E-state index contributed by atoms with van der Waals surface area (Å²) in [6.45, 7) is 0. The van der Waals surface area contributed by atoms with Crippen LogP contribution in [0.1, 0.15) is 0 Å². The molecule has 0 unspecified atom stereocenters. The molecule has 1 heterocycles. The van der Waals surface area contributed by atoms with E-state index in [2.05, 4.69) is 177 Å². The molecule has 7 aromatic carbocycles. The Balaban J connectivity index is 1.36. The number of fused-ring (bicyclic) bond motifs is 5. The Morgan fingerprint density at radius 2 is 0.951 bits per heavy atom. The lowest BCUT2D eigenvalue weighted by Crippen LogP contribution is -2.11. The average Bonchev–Trinajstić information content (AvgIpc) is 3.37. The Bertz CT molecular complexity index is 2140. The van der Waals surface area contributed by atoms with Crippen LogP contribution in [0.2, 0.25) is 0 Å². The maximum Gasteiger partial charge on any atom is 0.0552 e. The van der Waals surface area contributed by atoms with E-state index in [0.717, 1.165) is 27.2 Å². The first-order valence-electron chi connectivity index (χ1n) is 13.8. The Hall–Kier alpha value is -4.86. The SMILES string of the molecule is Brc1cccc2c1c1ccccc1n2-c1ccc(N(c2cccc3ccccc23)c2cccc3ccccc23)cc1. The first-order chi connectivity index (χ1) is 20.3. The molecule has 0 atom stereocenters. The summed E-state index contributed by atoms with van der Waals surface area (Å²) in [6.07, 6.45) is 0. The van der Waals surface area contributed by atoms with Gasteiger partial charge in [0.2, 0.25) is 0 Å². The van der Waals surface area contributed by atoms with Crippen LogP contribution in [0.25, 0.3) is 49.0 Å². The van der Waals surface area contributed by atoms with E-state index in [1.165, 1.54) is 43.4 Å². The molecule has 0 aliphatic heterocycles. The van der Waals surface area contributed by atoms with Crippen molar-refractivity contribution in [2.24, 2.45) is 0 Å². The number of rotatable bonds is 4. The fourth-order valence-electron chi connectivity index (χ4n) is 6.22. The van der Waals surface area contributed by atoms with Gasteiger partial charge in [0.05, 0.1) is 22.4 Å². The minimum atomic E-state index is 1.11. The molecule has 0 bridgehead atoms. The second kappa shape index (κ2) is 9.65. The zero-order valence-corrected chi connectivity index (χ0v) is 23.8. The van der Waals surface area contributed by atoms with Crippen molar-refractivity contribution in [3.63, 3.8) is 0 Å². The van der Waals surface area contributed by atoms with E-state index in [9.17, 15) is 0 Å². The van der Waals surface area contributed by atoms with Crippen molar-refractivity contribution in [3.8, 4) is 5.69 Å². The van der Waals surface area contributed by atoms with E-state index in [1.807, 2.05) is 0 Å². The van der Waals surface area contributed by atoms with Gasteiger partial charge in [0, 0.05) is 37.4 Å². The molecule has 2 nitrogen and oxygen atoms in total. The molecule has 0 saturated heterocycles. The van der Waals surface area contributed by atoms with Gasteiger partial charge in [-0.2, -0.15) is 0 Å². The van der Waals surface area contributed by atoms with Crippen molar-refractivity contribution < 1.29 is 0 Å². The lowest BCUT2D eigenvalue weighted by Gasteiger charge is -2.28. The fraction of sp³-hybridized carbons (Fsp3) is 0. The summed E-state index contributed by atoms with van der Waals surface area (Å²) in [6, 6.07) is 54.4. The summed E-state index contributed by atoms with van der Waals surface area (Å²) in [5, 5.41) is 7.37. The highest BCUT2D eigenvalue weighted by Crippen LogP contribution is 2.43. The van der Waals surface area contributed by atoms with Crippen molar-refractivity contribution in [2.75, 3.05) is 4.90 Å². The summed E-state index contributed by atoms with van der Waals surface area (Å²) in [4.78, 5) is 2.40. The van der Waals surface area contributed by atoms with Gasteiger partial charge in [-0.05, 0) is 65.4 Å². The molecule has 41 heavy (non-hydrogen) atoms. The lowest BCUT2D eigenvalue weighted by molar-refractivity contribution is 1.17. The van der Waals surface area contributed by atoms with E-state index >= 15 is 0 Å². The zero-order chi connectivity index (χ0) is 27.3. The molecule has 0 spiro atoms. The smallest absolute Gasteiger partial charge is 0.0552 e. The molecule has 8 rings (SSSR count). The standard InChI is InChI=1S/C38H25BrN2/c39-33-17-9-21-37-38(33)32-16-5-6-18-36(32)41(37)29-24-22-28(23-25-29)40(34-19-7-12-26-10-1-3-14-30(26)34)35-20-8-13-27-11-2-4-15-31(27)35/h1-25H. The zero-order valence-electron chi connectivity index (χ0n) is 22.2. The minimum absolute atomic E-state index is 1.11. The minimum Gasteiger partial charge on any atom is -0.309 e. The maximum absolute atomic E-state index is 3.81. The predicted octanol–water partition coefficient (Wildman–Crippen LogP) is 11.3. The number of hydrogen-bond donors (Lipinski definition) is 0. The van der Waals surface area contributed by atoms with E-state index in [1.54, 1.807) is 0 Å². The fourth-order valence-corrected chi connectivity index (χ4v) is 6.79. The van der Waals surface area contributed by atoms with Crippen LogP contribution in [0, 0.1) is 0 Å². The van der Waals surface area contributed by atoms with Gasteiger partial charge in [-0.3, -0.25) is 0 Å². The lowest BCUT2D eigenvalue weighted by atomic mass is 10.0. The van der Waals surface area contributed by atoms with Crippen LogP contribution < -0.4 is 4.90 Å². The summed E-state index contributed by atoms with van der Waals surface area (Å²) in [7, 11) is 0. The van der Waals surface area contributed by atoms with Crippen LogP contribution in [0.15, 0.2) is 156 Å². The van der Waals surface area contributed by atoms with Crippen LogP contribution in [0.4, 0.5) is 17.1 Å². The number of halogens is 1. The Kier molecular flexibility index (Phi) is 5.65. The molecule has 3 heteroatoms. The molecular formula is C38H25BrN2. The number of para-hydroxylation sites is 1. The third-order valence-corrected chi connectivity index (χ3v) is 8.69. The Morgan fingerprint density at radius 3 is 1.61 bits per heavy atom. The molecule has 0 amide bonds. The van der Waals surface area contributed by atoms with Crippen LogP contribution >= 0.6 is 15.9 Å². The van der Waals surface area contributed by atoms with Gasteiger partial charge >= 0.3 is 0 Å². The maximum atomic E-state index is 3.81. The third-order valence-electron chi connectivity index (χ3n) is 8.03. The van der Waals surface area contributed by atoms with Gasteiger partial charge in [-0.15, -0.1) is 0 Å². The normalized spacial score (nSPS) is 11.5. The first kappa shape index (κ1) is 24.0. The van der Waals surface area contributed by atoms with Crippen molar-refractivity contribution in [1.82, 2.24) is 4.57 Å². The van der Waals surface area contributed by atoms with Gasteiger partial charge in [0.15, 0.2) is 0 Å². The van der Waals surface area contributed by atoms with Crippen LogP contribution in [-0.2, 0) is 0 Å². The number of benzene rings is 7. The third kappa shape index (κ3) is 3.85. The summed E-state index contributed by atoms with van der Waals surface area (Å²) in [5.74, 6) is 0. The van der Waals surface area contributed by atoms with Crippen molar-refractivity contribution in [2.45, 2.75) is 0 Å². The molecule has 0 saturated carbocycles. The van der Waals surface area contributed by atoms with Gasteiger partial charge in [0.25, 0.3) is 0 Å². The topological polar surface area (TPSA) is 8.17 Å². The number of aromatic nitrogens is 1. The van der Waals surface area contributed by atoms with Gasteiger partial charge < -0.3 is 9.47 Å². The second-order valence-corrected chi connectivity index (χ2v) is 11.2. The van der Waals surface area contributed by atoms with E-state index in [-0.39, 0.29) is 0 Å². The highest BCUT2D eigenvalue weighted by molar-refractivity contribution is 9.10. The van der Waals surface area contributed by atoms with E-state index < -0.39 is 0 Å². The largest absolute Gasteiger partial charge is 0.309 e. The van der Waals surface area contributed by atoms with Crippen LogP contribution in [0.5, 0.6) is 0 Å². The number of anilines is 3. The average molecular weight is 590 g/mol. The van der Waals surface area contributed by atoms with Gasteiger partial charge in [0.1, 0.15) is 0 Å². The second-order valence-electron chi connectivity index (χ2n) is 10.3. The monoisotopic (exact) mass is 588 g/mol. The highest BCUT2D eigenvalue weighted by atomic mass is 79.9. The predicted molar refractivity (Wildman–Crippen MR) is 178 cm³/mol. The Morgan fingerprint density at radius 1 is 0.439 bits per heavy atom. The number of nitrogens with zero attached hydrogens (tertiary/aromatic N) is 2. The number of hydrogen-bond acceptors (Lipinski definition) is 1. The highest BCUT2D eigenvalue weighted by Gasteiger charge is 2.19. The van der Waals surface area contributed by atoms with E-state index in [0.29, 0.717) is 0 Å². The molecule has 0 radical (unpaired) electrons. The molecule has 0 aliphatic carbocycles. The van der Waals surface area contributed by atoms with Gasteiger partial charge in [-0.1, -0.05) is 113 Å². The van der Waals surface area contributed by atoms with Crippen LogP contribution in [-0.4, -0.2) is 4.57 Å². The summed E-state index contributed by atoms with van der Waals surface area (Å²) < 4.78 is 3.47.